The first-order chi connectivity index (χ1) is 10.5. The number of carbonyl (C=O) groups excluding carboxylic acids is 1. The molecule has 144 valence electrons. The van der Waals surface area contributed by atoms with Crippen LogP contribution in [0.25, 0.3) is 0 Å². The van der Waals surface area contributed by atoms with Gasteiger partial charge in [0.1, 0.15) is 0 Å². The van der Waals surface area contributed by atoms with E-state index in [2.05, 4.69) is 36.3 Å². The van der Waals surface area contributed by atoms with Gasteiger partial charge < -0.3 is 10.6 Å². The van der Waals surface area contributed by atoms with Crippen LogP contribution in [0.2, 0.25) is 0 Å². The number of rotatable bonds is 7. The minimum atomic E-state index is 0. The van der Waals surface area contributed by atoms with E-state index in [0.717, 1.165) is 32.0 Å². The first kappa shape index (κ1) is 24.0. The maximum Gasteiger partial charge on any atom is 0.220 e. The second-order valence-corrected chi connectivity index (χ2v) is 7.85. The van der Waals surface area contributed by atoms with Crippen molar-refractivity contribution in [1.29, 1.82) is 0 Å². The summed E-state index contributed by atoms with van der Waals surface area (Å²) in [5, 5.41) is 6.54. The number of halogens is 2. The normalized spacial score (nSPS) is 24.8. The molecule has 1 amide bonds. The lowest BCUT2D eigenvalue weighted by atomic mass is 9.91. The van der Waals surface area contributed by atoms with Crippen molar-refractivity contribution in [3.63, 3.8) is 0 Å². The Hall–Kier alpha value is -0.0300. The standard InChI is InChI=1S/C18H35N3O.2ClH/c1-4-15-6-5-11-21(13-15)18(2,3)14-20-17(22)8-7-16-9-10-19-12-16;;/h15-16,19H,4-14H2,1-3H3,(H,20,22);2*1H. The molecule has 2 unspecified atom stereocenters. The smallest absolute Gasteiger partial charge is 0.220 e. The Labute approximate surface area is 160 Å². The molecule has 6 heteroatoms. The molecule has 2 rings (SSSR count). The first-order valence-electron chi connectivity index (χ1n) is 9.23. The predicted octanol–water partition coefficient (Wildman–Crippen LogP) is 3.24. The second-order valence-electron chi connectivity index (χ2n) is 7.85. The Morgan fingerprint density at radius 2 is 2.00 bits per heavy atom. The summed E-state index contributed by atoms with van der Waals surface area (Å²) in [5.74, 6) is 1.76. The van der Waals surface area contributed by atoms with Crippen LogP contribution in [0.5, 0.6) is 0 Å². The lowest BCUT2D eigenvalue weighted by molar-refractivity contribution is -0.122. The van der Waals surface area contributed by atoms with Crippen molar-refractivity contribution in [3.8, 4) is 0 Å². The number of amides is 1. The van der Waals surface area contributed by atoms with Gasteiger partial charge in [0.15, 0.2) is 0 Å². The number of nitrogens with zero attached hydrogens (tertiary/aromatic N) is 1. The third kappa shape index (κ3) is 7.47. The maximum atomic E-state index is 12.1. The second kappa shape index (κ2) is 11.6. The van der Waals surface area contributed by atoms with Crippen LogP contribution in [-0.2, 0) is 4.79 Å². The van der Waals surface area contributed by atoms with E-state index in [-0.39, 0.29) is 36.3 Å². The molecule has 2 aliphatic rings. The lowest BCUT2D eigenvalue weighted by Gasteiger charge is -2.43. The minimum Gasteiger partial charge on any atom is -0.354 e. The molecule has 2 heterocycles. The molecule has 0 aromatic rings. The average molecular weight is 382 g/mol. The van der Waals surface area contributed by atoms with Crippen LogP contribution in [0.4, 0.5) is 0 Å². The van der Waals surface area contributed by atoms with Crippen molar-refractivity contribution in [2.75, 3.05) is 32.7 Å². The summed E-state index contributed by atoms with van der Waals surface area (Å²) in [6, 6.07) is 0. The number of piperidine rings is 1. The van der Waals surface area contributed by atoms with E-state index in [1.54, 1.807) is 0 Å². The van der Waals surface area contributed by atoms with Crippen molar-refractivity contribution in [2.45, 2.75) is 64.8 Å². The van der Waals surface area contributed by atoms with Crippen molar-refractivity contribution < 1.29 is 4.79 Å². The lowest BCUT2D eigenvalue weighted by Crippen LogP contribution is -2.54. The quantitative estimate of drug-likeness (QED) is 0.711. The first-order valence-corrected chi connectivity index (χ1v) is 9.23. The summed E-state index contributed by atoms with van der Waals surface area (Å²) < 4.78 is 0. The van der Waals surface area contributed by atoms with Gasteiger partial charge in [0.2, 0.25) is 5.91 Å². The van der Waals surface area contributed by atoms with E-state index in [0.29, 0.717) is 12.3 Å². The Balaban J connectivity index is 0.00000264. The highest BCUT2D eigenvalue weighted by atomic mass is 35.5. The van der Waals surface area contributed by atoms with Gasteiger partial charge in [0.25, 0.3) is 0 Å². The van der Waals surface area contributed by atoms with Crippen LogP contribution in [0.1, 0.15) is 59.3 Å². The van der Waals surface area contributed by atoms with Gasteiger partial charge in [-0.3, -0.25) is 9.69 Å². The molecule has 2 aliphatic heterocycles. The van der Waals surface area contributed by atoms with Gasteiger partial charge in [-0.05, 0) is 71.0 Å². The highest BCUT2D eigenvalue weighted by Gasteiger charge is 2.31. The summed E-state index contributed by atoms with van der Waals surface area (Å²) in [6.07, 6.45) is 6.87. The SMILES string of the molecule is CCC1CCCN(C(C)(C)CNC(=O)CCC2CCNC2)C1.Cl.Cl. The summed E-state index contributed by atoms with van der Waals surface area (Å²) in [7, 11) is 0. The summed E-state index contributed by atoms with van der Waals surface area (Å²) in [5.41, 5.74) is 0.0679. The average Bonchev–Trinajstić information content (AvgIpc) is 3.04. The third-order valence-corrected chi connectivity index (χ3v) is 5.61. The maximum absolute atomic E-state index is 12.1. The summed E-state index contributed by atoms with van der Waals surface area (Å²) in [4.78, 5) is 14.7. The molecule has 0 radical (unpaired) electrons. The van der Waals surface area contributed by atoms with Gasteiger partial charge in [-0.25, -0.2) is 0 Å². The van der Waals surface area contributed by atoms with Crippen LogP contribution in [-0.4, -0.2) is 49.1 Å². The number of carbonyl (C=O) groups is 1. The Morgan fingerprint density at radius 3 is 2.62 bits per heavy atom. The van der Waals surface area contributed by atoms with Crippen molar-refractivity contribution in [2.24, 2.45) is 11.8 Å². The summed E-state index contributed by atoms with van der Waals surface area (Å²) in [6.45, 7) is 12.2. The number of likely N-dealkylation sites (tertiary alicyclic amines) is 1. The van der Waals surface area contributed by atoms with Gasteiger partial charge in [-0.15, -0.1) is 24.8 Å². The Kier molecular flexibility index (Phi) is 11.5. The fraction of sp³-hybridized carbons (Fsp3) is 0.944. The van der Waals surface area contributed by atoms with Crippen molar-refractivity contribution in [1.82, 2.24) is 15.5 Å². The van der Waals surface area contributed by atoms with Crippen molar-refractivity contribution in [3.05, 3.63) is 0 Å². The number of hydrogen-bond acceptors (Lipinski definition) is 3. The van der Waals surface area contributed by atoms with Gasteiger partial charge in [-0.2, -0.15) is 0 Å². The van der Waals surface area contributed by atoms with Crippen LogP contribution in [0, 0.1) is 11.8 Å². The van der Waals surface area contributed by atoms with E-state index in [1.807, 2.05) is 0 Å². The molecule has 0 saturated carbocycles. The van der Waals surface area contributed by atoms with Gasteiger partial charge in [0.05, 0.1) is 0 Å². The molecular weight excluding hydrogens is 345 g/mol. The number of nitrogens with one attached hydrogen (secondary N) is 2. The molecule has 4 nitrogen and oxygen atoms in total. The van der Waals surface area contributed by atoms with Gasteiger partial charge >= 0.3 is 0 Å². The fourth-order valence-corrected chi connectivity index (χ4v) is 3.76. The largest absolute Gasteiger partial charge is 0.354 e. The molecule has 2 fully saturated rings. The van der Waals surface area contributed by atoms with Gasteiger partial charge in [-0.1, -0.05) is 13.3 Å². The predicted molar refractivity (Wildman–Crippen MR) is 106 cm³/mol. The molecule has 0 aromatic carbocycles. The summed E-state index contributed by atoms with van der Waals surface area (Å²) >= 11 is 0. The van der Waals surface area contributed by atoms with Crippen LogP contribution >= 0.6 is 24.8 Å². The fourth-order valence-electron chi connectivity index (χ4n) is 3.76. The zero-order valence-corrected chi connectivity index (χ0v) is 17.2. The zero-order chi connectivity index (χ0) is 16.0. The van der Waals surface area contributed by atoms with E-state index >= 15 is 0 Å². The Bertz CT molecular complexity index is 360. The minimum absolute atomic E-state index is 0. The van der Waals surface area contributed by atoms with E-state index in [1.165, 1.54) is 38.8 Å². The molecule has 24 heavy (non-hydrogen) atoms. The molecule has 2 saturated heterocycles. The Morgan fingerprint density at radius 1 is 1.25 bits per heavy atom. The third-order valence-electron chi connectivity index (χ3n) is 5.61. The van der Waals surface area contributed by atoms with E-state index in [4.69, 9.17) is 0 Å². The molecule has 0 aromatic heterocycles. The van der Waals surface area contributed by atoms with Crippen LogP contribution in [0.3, 0.4) is 0 Å². The topological polar surface area (TPSA) is 44.4 Å². The highest BCUT2D eigenvalue weighted by molar-refractivity contribution is 5.85. The zero-order valence-electron chi connectivity index (χ0n) is 15.6. The van der Waals surface area contributed by atoms with Crippen molar-refractivity contribution >= 4 is 30.7 Å². The highest BCUT2D eigenvalue weighted by Crippen LogP contribution is 2.25. The molecule has 0 spiro atoms. The van der Waals surface area contributed by atoms with Crippen LogP contribution < -0.4 is 10.6 Å². The van der Waals surface area contributed by atoms with Gasteiger partial charge in [0, 0.05) is 25.0 Å². The molecule has 0 bridgehead atoms. The van der Waals surface area contributed by atoms with E-state index < -0.39 is 0 Å². The van der Waals surface area contributed by atoms with E-state index in [9.17, 15) is 4.79 Å². The number of hydrogen-bond donors (Lipinski definition) is 2. The molecular formula is C18H37Cl2N3O. The monoisotopic (exact) mass is 381 g/mol. The molecule has 2 atom stereocenters. The molecule has 0 aliphatic carbocycles. The van der Waals surface area contributed by atoms with Crippen LogP contribution in [0.15, 0.2) is 0 Å². The molecule has 2 N–H and O–H groups in total.